The summed E-state index contributed by atoms with van der Waals surface area (Å²) < 4.78 is 10.6. The molecule has 0 aromatic heterocycles. The van der Waals surface area contributed by atoms with E-state index in [-0.39, 0.29) is 11.3 Å². The second-order valence-electron chi connectivity index (χ2n) is 8.08. The van der Waals surface area contributed by atoms with E-state index in [0.717, 1.165) is 25.2 Å². The van der Waals surface area contributed by atoms with Crippen molar-refractivity contribution < 1.29 is 24.2 Å². The fourth-order valence-electron chi connectivity index (χ4n) is 4.30. The number of aliphatic hydroxyl groups excluding tert-OH is 1. The van der Waals surface area contributed by atoms with Crippen molar-refractivity contribution in [2.75, 3.05) is 46.5 Å². The molecule has 1 N–H and O–H groups in total. The van der Waals surface area contributed by atoms with Gasteiger partial charge in [-0.25, -0.2) is 0 Å². The quantitative estimate of drug-likeness (QED) is 0.379. The number of hydrogen-bond donors (Lipinski definition) is 1. The number of aliphatic hydroxyl groups is 1. The largest absolute Gasteiger partial charge is 0.507 e. The number of ether oxygens (including phenoxy) is 2. The van der Waals surface area contributed by atoms with Crippen molar-refractivity contribution in [1.29, 1.82) is 0 Å². The summed E-state index contributed by atoms with van der Waals surface area (Å²) in [4.78, 5) is 30.0. The van der Waals surface area contributed by atoms with Gasteiger partial charge in [0.25, 0.3) is 11.7 Å². The van der Waals surface area contributed by atoms with Crippen molar-refractivity contribution in [2.24, 2.45) is 0 Å². The highest BCUT2D eigenvalue weighted by atomic mass is 35.5. The van der Waals surface area contributed by atoms with E-state index in [2.05, 4.69) is 4.90 Å². The van der Waals surface area contributed by atoms with Gasteiger partial charge in [0, 0.05) is 36.8 Å². The number of carbonyl (C=O) groups is 2. The van der Waals surface area contributed by atoms with Gasteiger partial charge in [0.15, 0.2) is 0 Å². The van der Waals surface area contributed by atoms with Crippen LogP contribution >= 0.6 is 11.6 Å². The normalized spacial score (nSPS) is 20.9. The summed E-state index contributed by atoms with van der Waals surface area (Å²) >= 11 is 6.07. The van der Waals surface area contributed by atoms with Crippen LogP contribution in [-0.4, -0.2) is 73.1 Å². The molecule has 2 aliphatic rings. The van der Waals surface area contributed by atoms with Gasteiger partial charge >= 0.3 is 0 Å². The highest BCUT2D eigenvalue weighted by Crippen LogP contribution is 2.39. The molecule has 2 aliphatic heterocycles. The van der Waals surface area contributed by atoms with Crippen LogP contribution in [-0.2, 0) is 14.3 Å². The summed E-state index contributed by atoms with van der Waals surface area (Å²) in [5.41, 5.74) is 1.25. The lowest BCUT2D eigenvalue weighted by molar-refractivity contribution is -0.140. The Bertz CT molecular complexity index is 1030. The van der Waals surface area contributed by atoms with Gasteiger partial charge in [-0.3, -0.25) is 14.5 Å². The molecule has 4 rings (SSSR count). The fraction of sp³-hybridized carbons (Fsp3) is 0.360. The van der Waals surface area contributed by atoms with Crippen molar-refractivity contribution in [1.82, 2.24) is 9.80 Å². The van der Waals surface area contributed by atoms with Gasteiger partial charge in [0.05, 0.1) is 31.9 Å². The van der Waals surface area contributed by atoms with E-state index in [1.54, 1.807) is 60.5 Å². The average molecular weight is 471 g/mol. The predicted molar refractivity (Wildman–Crippen MR) is 125 cm³/mol. The minimum absolute atomic E-state index is 0.0823. The molecule has 0 bridgehead atoms. The van der Waals surface area contributed by atoms with Crippen LogP contribution in [0.4, 0.5) is 0 Å². The van der Waals surface area contributed by atoms with E-state index in [1.165, 1.54) is 0 Å². The first-order valence-electron chi connectivity index (χ1n) is 11.0. The minimum Gasteiger partial charge on any atom is -0.507 e. The Morgan fingerprint density at radius 2 is 1.73 bits per heavy atom. The summed E-state index contributed by atoms with van der Waals surface area (Å²) in [5, 5.41) is 11.7. The Labute approximate surface area is 198 Å². The van der Waals surface area contributed by atoms with Crippen LogP contribution in [0.25, 0.3) is 5.76 Å². The number of likely N-dealkylation sites (tertiary alicyclic amines) is 1. The molecule has 1 atom stereocenters. The standard InChI is InChI=1S/C25H27ClN2O5/c1-32-20-9-5-18(6-10-20)23(29)21-22(17-3-7-19(26)8-4-17)28(25(31)24(21)30)12-2-11-27-13-15-33-16-14-27/h3-10,22,29H,2,11-16H2,1H3/b23-21+/t22-/m0/s1. The lowest BCUT2D eigenvalue weighted by Gasteiger charge is -2.29. The molecule has 174 valence electrons. The monoisotopic (exact) mass is 470 g/mol. The maximum absolute atomic E-state index is 13.1. The van der Waals surface area contributed by atoms with Crippen molar-refractivity contribution in [3.05, 3.63) is 70.3 Å². The van der Waals surface area contributed by atoms with Crippen LogP contribution in [0.15, 0.2) is 54.1 Å². The van der Waals surface area contributed by atoms with Crippen molar-refractivity contribution >= 4 is 29.1 Å². The third-order valence-electron chi connectivity index (χ3n) is 6.07. The van der Waals surface area contributed by atoms with Gasteiger partial charge in [-0.05, 0) is 48.4 Å². The Kier molecular flexibility index (Phi) is 7.33. The average Bonchev–Trinajstić information content (AvgIpc) is 3.10. The number of ketones is 1. The number of rotatable bonds is 7. The molecule has 7 nitrogen and oxygen atoms in total. The first-order valence-corrected chi connectivity index (χ1v) is 11.4. The van der Waals surface area contributed by atoms with Crippen LogP contribution in [0.3, 0.4) is 0 Å². The second-order valence-corrected chi connectivity index (χ2v) is 8.52. The topological polar surface area (TPSA) is 79.3 Å². The van der Waals surface area contributed by atoms with Crippen molar-refractivity contribution in [2.45, 2.75) is 12.5 Å². The number of nitrogens with zero attached hydrogens (tertiary/aromatic N) is 2. The maximum atomic E-state index is 13.1. The molecule has 8 heteroatoms. The van der Waals surface area contributed by atoms with Gasteiger partial charge in [0.2, 0.25) is 0 Å². The molecule has 2 saturated heterocycles. The fourth-order valence-corrected chi connectivity index (χ4v) is 4.42. The summed E-state index contributed by atoms with van der Waals surface area (Å²) in [6.45, 7) is 4.33. The Morgan fingerprint density at radius 3 is 2.36 bits per heavy atom. The van der Waals surface area contributed by atoms with Crippen LogP contribution in [0.1, 0.15) is 23.6 Å². The SMILES string of the molecule is COc1ccc(/C(O)=C2\C(=O)C(=O)N(CCCN3CCOCC3)[C@H]2c2ccc(Cl)cc2)cc1. The number of methoxy groups -OCH3 is 1. The number of carbonyl (C=O) groups excluding carboxylic acids is 2. The second kappa shape index (κ2) is 10.4. The van der Waals surface area contributed by atoms with E-state index in [1.807, 2.05) is 0 Å². The lowest BCUT2D eigenvalue weighted by Crippen LogP contribution is -2.38. The zero-order chi connectivity index (χ0) is 23.4. The number of benzene rings is 2. The molecule has 0 aliphatic carbocycles. The zero-order valence-electron chi connectivity index (χ0n) is 18.5. The van der Waals surface area contributed by atoms with E-state index in [4.69, 9.17) is 21.1 Å². The highest BCUT2D eigenvalue weighted by molar-refractivity contribution is 6.46. The molecule has 2 fully saturated rings. The Balaban J connectivity index is 1.65. The molecule has 1 amide bonds. The van der Waals surface area contributed by atoms with Crippen LogP contribution in [0.2, 0.25) is 5.02 Å². The number of halogens is 1. The summed E-state index contributed by atoms with van der Waals surface area (Å²) in [7, 11) is 1.55. The van der Waals surface area contributed by atoms with E-state index >= 15 is 0 Å². The molecular weight excluding hydrogens is 444 g/mol. The molecule has 33 heavy (non-hydrogen) atoms. The van der Waals surface area contributed by atoms with Crippen molar-refractivity contribution in [3.63, 3.8) is 0 Å². The number of amides is 1. The van der Waals surface area contributed by atoms with E-state index in [9.17, 15) is 14.7 Å². The number of hydrogen-bond acceptors (Lipinski definition) is 6. The van der Waals surface area contributed by atoms with Gasteiger partial charge in [0.1, 0.15) is 11.5 Å². The summed E-state index contributed by atoms with van der Waals surface area (Å²) in [5.74, 6) is -0.863. The summed E-state index contributed by atoms with van der Waals surface area (Å²) in [6, 6.07) is 13.1. The molecule has 2 heterocycles. The first-order chi connectivity index (χ1) is 16.0. The number of morpholine rings is 1. The Hall–Kier alpha value is -2.87. The van der Waals surface area contributed by atoms with E-state index < -0.39 is 17.7 Å². The summed E-state index contributed by atoms with van der Waals surface area (Å²) in [6.07, 6.45) is 0.708. The molecule has 0 unspecified atom stereocenters. The molecule has 0 saturated carbocycles. The van der Waals surface area contributed by atoms with E-state index in [0.29, 0.717) is 42.5 Å². The van der Waals surface area contributed by atoms with Gasteiger partial charge in [-0.15, -0.1) is 0 Å². The Morgan fingerprint density at radius 1 is 1.06 bits per heavy atom. The van der Waals surface area contributed by atoms with Crippen LogP contribution < -0.4 is 4.74 Å². The predicted octanol–water partition coefficient (Wildman–Crippen LogP) is 3.49. The molecule has 0 spiro atoms. The van der Waals surface area contributed by atoms with Crippen molar-refractivity contribution in [3.8, 4) is 5.75 Å². The van der Waals surface area contributed by atoms with Crippen LogP contribution in [0.5, 0.6) is 5.75 Å². The van der Waals surface area contributed by atoms with Gasteiger partial charge in [-0.1, -0.05) is 23.7 Å². The zero-order valence-corrected chi connectivity index (χ0v) is 19.3. The first kappa shape index (κ1) is 23.3. The van der Waals surface area contributed by atoms with Crippen LogP contribution in [0, 0.1) is 0 Å². The maximum Gasteiger partial charge on any atom is 0.295 e. The third kappa shape index (κ3) is 5.05. The molecule has 2 aromatic carbocycles. The smallest absolute Gasteiger partial charge is 0.295 e. The minimum atomic E-state index is -0.686. The third-order valence-corrected chi connectivity index (χ3v) is 6.32. The lowest BCUT2D eigenvalue weighted by atomic mass is 9.95. The van der Waals surface area contributed by atoms with Gasteiger partial charge < -0.3 is 19.5 Å². The van der Waals surface area contributed by atoms with Gasteiger partial charge in [-0.2, -0.15) is 0 Å². The molecule has 0 radical (unpaired) electrons. The number of Topliss-reactive ketones (excluding diaryl/α,β-unsaturated/α-hetero) is 1. The molecular formula is C25H27ClN2O5. The molecule has 2 aromatic rings. The highest BCUT2D eigenvalue weighted by Gasteiger charge is 2.45.